The van der Waals surface area contributed by atoms with E-state index in [0.29, 0.717) is 35.5 Å². The first kappa shape index (κ1) is 30.9. The summed E-state index contributed by atoms with van der Waals surface area (Å²) in [5.74, 6) is 0.971. The lowest BCUT2D eigenvalue weighted by Gasteiger charge is -2.30. The van der Waals surface area contributed by atoms with Gasteiger partial charge in [0.05, 0.1) is 23.5 Å². The van der Waals surface area contributed by atoms with Gasteiger partial charge in [-0.1, -0.05) is 5.92 Å². The van der Waals surface area contributed by atoms with Crippen molar-refractivity contribution in [2.45, 2.75) is 64.1 Å². The van der Waals surface area contributed by atoms with Crippen molar-refractivity contribution in [3.63, 3.8) is 0 Å². The molecular weight excluding hydrogens is 580 g/mol. The molecule has 0 fully saturated rings. The molecule has 2 aromatic heterocycles. The molecule has 1 aliphatic rings. The van der Waals surface area contributed by atoms with Gasteiger partial charge in [0.15, 0.2) is 5.82 Å². The summed E-state index contributed by atoms with van der Waals surface area (Å²) in [6.07, 6.45) is 7.80. The highest BCUT2D eigenvalue weighted by Crippen LogP contribution is 2.39. The van der Waals surface area contributed by atoms with Crippen LogP contribution in [-0.2, 0) is 29.0 Å². The van der Waals surface area contributed by atoms with Crippen LogP contribution < -0.4 is 15.8 Å². The number of tetrazole rings is 1. The number of aromatic amines is 1. The van der Waals surface area contributed by atoms with Gasteiger partial charge in [-0.2, -0.15) is 0 Å². The molecule has 4 aromatic rings. The van der Waals surface area contributed by atoms with E-state index in [0.717, 1.165) is 29.7 Å². The Morgan fingerprint density at radius 2 is 2.00 bits per heavy atom. The Labute approximate surface area is 257 Å². The standard InChI is InChI=1S/C31H32N8O6/c1-3-14-38(26-12-8-20-16-25-23(17-22(20)26)30(43)33-18(2)32-25)21-9-6-19(7-10-21)29(42)34-24(31(44)45)11-13-27-35-36-37-39(27)15-4-5-28(40)41/h1,6-7,9-10,16-17,24,26H,4-5,8,11-15H2,2H3,(H,34,42)(H,40,41)(H,44,45)(H,32,33,43)/t24-,26+/m0/s1. The average molecular weight is 613 g/mol. The van der Waals surface area contributed by atoms with Crippen LogP contribution in [0.2, 0.25) is 0 Å². The molecule has 5 rings (SSSR count). The molecule has 0 saturated heterocycles. The van der Waals surface area contributed by atoms with E-state index in [1.807, 2.05) is 12.1 Å². The highest BCUT2D eigenvalue weighted by molar-refractivity contribution is 5.97. The monoisotopic (exact) mass is 612 g/mol. The van der Waals surface area contributed by atoms with Crippen LogP contribution in [0.3, 0.4) is 0 Å². The number of nitrogens with zero attached hydrogens (tertiary/aromatic N) is 6. The number of carboxylic acids is 2. The highest BCUT2D eigenvalue weighted by atomic mass is 16.4. The minimum Gasteiger partial charge on any atom is -0.481 e. The van der Waals surface area contributed by atoms with Crippen LogP contribution in [0.15, 0.2) is 41.2 Å². The fraction of sp³-hybridized carbons (Fsp3) is 0.355. The molecule has 0 radical (unpaired) electrons. The zero-order valence-electron chi connectivity index (χ0n) is 24.6. The van der Waals surface area contributed by atoms with Gasteiger partial charge in [-0.25, -0.2) is 14.5 Å². The number of carbonyl (C=O) groups excluding carboxylic acids is 1. The number of carboxylic acid groups (broad SMARTS) is 2. The summed E-state index contributed by atoms with van der Waals surface area (Å²) < 4.78 is 1.44. The topological polar surface area (TPSA) is 196 Å². The van der Waals surface area contributed by atoms with E-state index in [9.17, 15) is 24.3 Å². The quantitative estimate of drug-likeness (QED) is 0.161. The second-order valence-electron chi connectivity index (χ2n) is 10.9. The number of aliphatic carboxylic acids is 2. The van der Waals surface area contributed by atoms with Gasteiger partial charge in [-0.05, 0) is 90.6 Å². The van der Waals surface area contributed by atoms with E-state index in [1.54, 1.807) is 31.2 Å². The molecular formula is C31H32N8O6. The maximum absolute atomic E-state index is 13.0. The second kappa shape index (κ2) is 13.4. The average Bonchev–Trinajstić information content (AvgIpc) is 3.63. The molecule has 2 aromatic carbocycles. The number of terminal acetylenes is 1. The van der Waals surface area contributed by atoms with Crippen molar-refractivity contribution in [1.82, 2.24) is 35.5 Å². The Bertz CT molecular complexity index is 1840. The zero-order valence-corrected chi connectivity index (χ0v) is 24.6. The predicted molar refractivity (Wildman–Crippen MR) is 163 cm³/mol. The number of fused-ring (bicyclic) bond motifs is 2. The molecule has 0 spiro atoms. The Balaban J connectivity index is 1.27. The van der Waals surface area contributed by atoms with E-state index in [1.165, 1.54) is 4.68 Å². The maximum atomic E-state index is 13.0. The number of anilines is 1. The third kappa shape index (κ3) is 6.98. The van der Waals surface area contributed by atoms with E-state index in [4.69, 9.17) is 11.5 Å². The van der Waals surface area contributed by atoms with E-state index in [2.05, 4.69) is 41.6 Å². The SMILES string of the molecule is C#CCN(c1ccc(C(=O)N[C@@H](CCc2nnnn2CCCC(=O)O)C(=O)O)cc1)[C@@H]1CCc2cc3nc(C)[nH]c(=O)c3cc21. The molecule has 45 heavy (non-hydrogen) atoms. The molecule has 1 amide bonds. The summed E-state index contributed by atoms with van der Waals surface area (Å²) in [5, 5.41) is 33.0. The summed E-state index contributed by atoms with van der Waals surface area (Å²) in [7, 11) is 0. The molecule has 1 aliphatic carbocycles. The molecule has 14 heteroatoms. The number of carbonyl (C=O) groups is 3. The van der Waals surface area contributed by atoms with Crippen LogP contribution >= 0.6 is 0 Å². The smallest absolute Gasteiger partial charge is 0.326 e. The van der Waals surface area contributed by atoms with Crippen LogP contribution in [0.4, 0.5) is 5.69 Å². The molecule has 2 heterocycles. The Morgan fingerprint density at radius 3 is 2.71 bits per heavy atom. The summed E-state index contributed by atoms with van der Waals surface area (Å²) in [4.78, 5) is 57.7. The lowest BCUT2D eigenvalue weighted by molar-refractivity contribution is -0.139. The van der Waals surface area contributed by atoms with E-state index in [-0.39, 0.29) is 43.0 Å². The maximum Gasteiger partial charge on any atom is 0.326 e. The number of amides is 1. The van der Waals surface area contributed by atoms with Crippen LogP contribution in [0.25, 0.3) is 10.9 Å². The number of nitrogens with one attached hydrogen (secondary N) is 2. The number of rotatable bonds is 13. The summed E-state index contributed by atoms with van der Waals surface area (Å²) in [6.45, 7) is 2.32. The van der Waals surface area contributed by atoms with Gasteiger partial charge in [-0.15, -0.1) is 11.5 Å². The third-order valence-corrected chi connectivity index (χ3v) is 7.86. The predicted octanol–water partition coefficient (Wildman–Crippen LogP) is 2.03. The van der Waals surface area contributed by atoms with Gasteiger partial charge in [0.25, 0.3) is 11.5 Å². The normalized spacial score (nSPS) is 14.4. The first-order valence-corrected chi connectivity index (χ1v) is 14.5. The van der Waals surface area contributed by atoms with Crippen LogP contribution in [0, 0.1) is 19.3 Å². The number of benzene rings is 2. The summed E-state index contributed by atoms with van der Waals surface area (Å²) >= 11 is 0. The fourth-order valence-corrected chi connectivity index (χ4v) is 5.67. The van der Waals surface area contributed by atoms with Crippen LogP contribution in [0.5, 0.6) is 0 Å². The lowest BCUT2D eigenvalue weighted by Crippen LogP contribution is -2.41. The van der Waals surface area contributed by atoms with Gasteiger partial charge in [0, 0.05) is 30.6 Å². The largest absolute Gasteiger partial charge is 0.481 e. The highest BCUT2D eigenvalue weighted by Gasteiger charge is 2.29. The molecule has 4 N–H and O–H groups in total. The number of hydrogen-bond acceptors (Lipinski definition) is 9. The van der Waals surface area contributed by atoms with Crippen molar-refractivity contribution in [3.8, 4) is 12.3 Å². The first-order valence-electron chi connectivity index (χ1n) is 14.5. The van der Waals surface area contributed by atoms with Gasteiger partial charge >= 0.3 is 11.9 Å². The molecule has 0 saturated carbocycles. The summed E-state index contributed by atoms with van der Waals surface area (Å²) in [6, 6.07) is 9.33. The van der Waals surface area contributed by atoms with E-state index >= 15 is 0 Å². The minimum absolute atomic E-state index is 0.0299. The third-order valence-electron chi connectivity index (χ3n) is 7.86. The lowest BCUT2D eigenvalue weighted by atomic mass is 10.0. The number of hydrogen-bond donors (Lipinski definition) is 4. The molecule has 232 valence electrons. The van der Waals surface area contributed by atoms with Gasteiger partial charge < -0.3 is 25.4 Å². The molecule has 0 aliphatic heterocycles. The Morgan fingerprint density at radius 1 is 1.22 bits per heavy atom. The molecule has 0 bridgehead atoms. The van der Waals surface area contributed by atoms with Crippen LogP contribution in [0.1, 0.15) is 64.9 Å². The van der Waals surface area contributed by atoms with E-state index < -0.39 is 23.9 Å². The molecule has 14 nitrogen and oxygen atoms in total. The molecule has 0 unspecified atom stereocenters. The van der Waals surface area contributed by atoms with Crippen molar-refractivity contribution in [2.24, 2.45) is 0 Å². The van der Waals surface area contributed by atoms with Crippen molar-refractivity contribution in [2.75, 3.05) is 11.4 Å². The zero-order chi connectivity index (χ0) is 32.1. The van der Waals surface area contributed by atoms with Gasteiger partial charge in [0.2, 0.25) is 0 Å². The van der Waals surface area contributed by atoms with Gasteiger partial charge in [-0.3, -0.25) is 14.4 Å². The minimum atomic E-state index is -1.21. The van der Waals surface area contributed by atoms with Gasteiger partial charge in [0.1, 0.15) is 11.9 Å². The van der Waals surface area contributed by atoms with Crippen molar-refractivity contribution >= 4 is 34.4 Å². The Hall–Kier alpha value is -5.58. The number of H-pyrrole nitrogens is 1. The number of aryl methyl sites for hydroxylation is 4. The number of aromatic nitrogens is 6. The molecule has 2 atom stereocenters. The van der Waals surface area contributed by atoms with Crippen molar-refractivity contribution < 1.29 is 24.6 Å². The van der Waals surface area contributed by atoms with Crippen molar-refractivity contribution in [3.05, 3.63) is 75.1 Å². The summed E-state index contributed by atoms with van der Waals surface area (Å²) in [5.41, 5.74) is 3.63. The Kier molecular flexibility index (Phi) is 9.17. The van der Waals surface area contributed by atoms with Crippen molar-refractivity contribution in [1.29, 1.82) is 0 Å². The van der Waals surface area contributed by atoms with Crippen LogP contribution in [-0.4, -0.2) is 70.8 Å². The second-order valence-corrected chi connectivity index (χ2v) is 10.9. The first-order chi connectivity index (χ1) is 21.6. The fourth-order valence-electron chi connectivity index (χ4n) is 5.67.